The third-order valence-corrected chi connectivity index (χ3v) is 6.69. The maximum Gasteiger partial charge on any atom is 0.256 e. The average Bonchev–Trinajstić information content (AvgIpc) is 3.59. The molecule has 0 saturated heterocycles. The number of aromatic nitrogens is 4. The van der Waals surface area contributed by atoms with Crippen LogP contribution in [0, 0.1) is 0 Å². The number of methoxy groups -OCH3 is 3. The molecule has 11 heteroatoms. The van der Waals surface area contributed by atoms with Gasteiger partial charge in [-0.05, 0) is 48.0 Å². The lowest BCUT2D eigenvalue weighted by Crippen LogP contribution is -2.13. The van der Waals surface area contributed by atoms with Crippen LogP contribution in [0.2, 0.25) is 5.02 Å². The van der Waals surface area contributed by atoms with Crippen LogP contribution in [0.5, 0.6) is 17.2 Å². The Bertz CT molecular complexity index is 1650. The molecule has 5 rings (SSSR count). The molecule has 0 aliphatic heterocycles. The molecule has 10 nitrogen and oxygen atoms in total. The molecule has 2 aromatic heterocycles. The number of halogens is 1. The van der Waals surface area contributed by atoms with Crippen LogP contribution in [0.4, 0.5) is 5.82 Å². The van der Waals surface area contributed by atoms with E-state index in [9.17, 15) is 4.79 Å². The van der Waals surface area contributed by atoms with Gasteiger partial charge in [0, 0.05) is 37.8 Å². The van der Waals surface area contributed by atoms with Crippen LogP contribution in [0.25, 0.3) is 22.6 Å². The van der Waals surface area contributed by atoms with Gasteiger partial charge in [-0.3, -0.25) is 9.48 Å². The number of benzene rings is 3. The molecule has 0 unspecified atom stereocenters. The first kappa shape index (κ1) is 28.0. The van der Waals surface area contributed by atoms with Gasteiger partial charge in [-0.25, -0.2) is 4.98 Å². The van der Waals surface area contributed by atoms with Crippen molar-refractivity contribution in [2.45, 2.75) is 13.0 Å². The van der Waals surface area contributed by atoms with Crippen molar-refractivity contribution in [1.82, 2.24) is 19.7 Å². The molecule has 0 aliphatic carbocycles. The number of hydrogen-bond donors (Lipinski definition) is 2. The van der Waals surface area contributed by atoms with E-state index in [-0.39, 0.29) is 5.91 Å². The van der Waals surface area contributed by atoms with Crippen LogP contribution >= 0.6 is 11.6 Å². The minimum Gasteiger partial charge on any atom is -0.497 e. The van der Waals surface area contributed by atoms with Gasteiger partial charge in [0.15, 0.2) is 11.6 Å². The van der Waals surface area contributed by atoms with E-state index in [2.05, 4.69) is 10.3 Å². The number of imidazole rings is 1. The third-order valence-electron chi connectivity index (χ3n) is 6.39. The zero-order valence-electron chi connectivity index (χ0n) is 22.9. The van der Waals surface area contributed by atoms with E-state index in [1.807, 2.05) is 42.5 Å². The van der Waals surface area contributed by atoms with Crippen LogP contribution in [-0.4, -0.2) is 60.2 Å². The smallest absolute Gasteiger partial charge is 0.256 e. The van der Waals surface area contributed by atoms with Crippen LogP contribution in [-0.2, 0) is 11.3 Å². The molecule has 3 aromatic carbocycles. The number of rotatable bonds is 12. The van der Waals surface area contributed by atoms with E-state index in [1.165, 1.54) is 0 Å². The molecule has 0 atom stereocenters. The monoisotopic (exact) mass is 575 g/mol. The van der Waals surface area contributed by atoms with Crippen molar-refractivity contribution >= 4 is 34.4 Å². The van der Waals surface area contributed by atoms with Gasteiger partial charge in [-0.2, -0.15) is 5.10 Å². The molecule has 2 N–H and O–H groups in total. The molecule has 0 bridgehead atoms. The van der Waals surface area contributed by atoms with Gasteiger partial charge in [0.05, 0.1) is 43.4 Å². The Kier molecular flexibility index (Phi) is 8.71. The molecule has 41 heavy (non-hydrogen) atoms. The number of carbonyl (C=O) groups is 1. The number of hydrogen-bond acceptors (Lipinski definition) is 7. The largest absolute Gasteiger partial charge is 0.497 e. The second kappa shape index (κ2) is 12.8. The van der Waals surface area contributed by atoms with Gasteiger partial charge in [-0.1, -0.05) is 23.7 Å². The first-order valence-corrected chi connectivity index (χ1v) is 13.3. The van der Waals surface area contributed by atoms with E-state index in [4.69, 9.17) is 40.6 Å². The van der Waals surface area contributed by atoms with Crippen molar-refractivity contribution in [2.75, 3.05) is 39.9 Å². The normalized spacial score (nSPS) is 11.0. The number of H-pyrrole nitrogens is 1. The fourth-order valence-electron chi connectivity index (χ4n) is 4.26. The van der Waals surface area contributed by atoms with Gasteiger partial charge in [-0.15, -0.1) is 0 Å². The third kappa shape index (κ3) is 6.62. The SMILES string of the molecule is COCCCOc1ccc(C(=O)Nc2cc(-c3nc4cc(OC)ccc4[nH]3)n(Cc3ccc(OC)cc3)n2)cc1Cl. The molecule has 0 fully saturated rings. The van der Waals surface area contributed by atoms with Gasteiger partial charge in [0.25, 0.3) is 5.91 Å². The Morgan fingerprint density at radius 3 is 2.46 bits per heavy atom. The highest BCUT2D eigenvalue weighted by atomic mass is 35.5. The lowest BCUT2D eigenvalue weighted by Gasteiger charge is -2.09. The molecule has 0 aliphatic rings. The summed E-state index contributed by atoms with van der Waals surface area (Å²) >= 11 is 6.38. The van der Waals surface area contributed by atoms with E-state index >= 15 is 0 Å². The molecule has 0 radical (unpaired) electrons. The topological polar surface area (TPSA) is 113 Å². The van der Waals surface area contributed by atoms with Crippen LogP contribution in [0.15, 0.2) is 66.7 Å². The Balaban J connectivity index is 1.41. The maximum absolute atomic E-state index is 13.1. The van der Waals surface area contributed by atoms with E-state index in [1.54, 1.807) is 50.3 Å². The minimum absolute atomic E-state index is 0.346. The summed E-state index contributed by atoms with van der Waals surface area (Å²) in [5.41, 5.74) is 3.67. The van der Waals surface area contributed by atoms with Crippen molar-refractivity contribution in [2.24, 2.45) is 0 Å². The number of nitrogens with one attached hydrogen (secondary N) is 2. The Morgan fingerprint density at radius 1 is 0.951 bits per heavy atom. The molecular formula is C30H30ClN5O5. The number of carbonyl (C=O) groups excluding carboxylic acids is 1. The molecule has 1 amide bonds. The fourth-order valence-corrected chi connectivity index (χ4v) is 4.49. The average molecular weight is 576 g/mol. The van der Waals surface area contributed by atoms with Gasteiger partial charge < -0.3 is 29.2 Å². The minimum atomic E-state index is -0.354. The predicted octanol–water partition coefficient (Wildman–Crippen LogP) is 5.81. The summed E-state index contributed by atoms with van der Waals surface area (Å²) in [6, 6.07) is 20.0. The molecule has 5 aromatic rings. The van der Waals surface area contributed by atoms with Gasteiger partial charge >= 0.3 is 0 Å². The zero-order chi connectivity index (χ0) is 28.8. The predicted molar refractivity (Wildman–Crippen MR) is 157 cm³/mol. The summed E-state index contributed by atoms with van der Waals surface area (Å²) in [4.78, 5) is 21.3. The zero-order valence-corrected chi connectivity index (χ0v) is 23.7. The van der Waals surface area contributed by atoms with Crippen LogP contribution < -0.4 is 19.5 Å². The second-order valence-corrected chi connectivity index (χ2v) is 9.59. The lowest BCUT2D eigenvalue weighted by molar-refractivity contribution is 0.102. The van der Waals surface area contributed by atoms with Gasteiger partial charge in [0.1, 0.15) is 22.9 Å². The van der Waals surface area contributed by atoms with Crippen LogP contribution in [0.3, 0.4) is 0 Å². The summed E-state index contributed by atoms with van der Waals surface area (Å²) < 4.78 is 23.1. The number of aromatic amines is 1. The summed E-state index contributed by atoms with van der Waals surface area (Å²) in [6.07, 6.45) is 0.732. The summed E-state index contributed by atoms with van der Waals surface area (Å²) in [7, 11) is 4.88. The number of amides is 1. The van der Waals surface area contributed by atoms with Crippen molar-refractivity contribution < 1.29 is 23.7 Å². The standard InChI is InChI=1S/C30H30ClN5O5/c1-38-13-4-14-41-27-12-7-20(15-23(27)31)30(37)34-28-17-26(29-32-24-11-10-22(40-3)16-25(24)33-29)36(35-28)18-19-5-8-21(39-2)9-6-19/h5-12,15-17H,4,13-14,18H2,1-3H3,(H,32,33)(H,34,35,37). The molecule has 2 heterocycles. The van der Waals surface area contributed by atoms with E-state index < -0.39 is 0 Å². The van der Waals surface area contributed by atoms with Gasteiger partial charge in [0.2, 0.25) is 0 Å². The van der Waals surface area contributed by atoms with Crippen molar-refractivity contribution in [1.29, 1.82) is 0 Å². The lowest BCUT2D eigenvalue weighted by atomic mass is 10.2. The Morgan fingerprint density at radius 2 is 1.73 bits per heavy atom. The van der Waals surface area contributed by atoms with E-state index in [0.29, 0.717) is 59.2 Å². The second-order valence-electron chi connectivity index (χ2n) is 9.18. The van der Waals surface area contributed by atoms with Crippen molar-refractivity contribution in [3.63, 3.8) is 0 Å². The maximum atomic E-state index is 13.1. The highest BCUT2D eigenvalue weighted by molar-refractivity contribution is 6.32. The quantitative estimate of drug-likeness (QED) is 0.180. The van der Waals surface area contributed by atoms with Crippen LogP contribution in [0.1, 0.15) is 22.3 Å². The number of anilines is 1. The Hall–Kier alpha value is -4.54. The number of fused-ring (bicyclic) bond motifs is 1. The summed E-state index contributed by atoms with van der Waals surface area (Å²) in [5.74, 6) is 2.60. The first-order chi connectivity index (χ1) is 20.0. The first-order valence-electron chi connectivity index (χ1n) is 12.9. The van der Waals surface area contributed by atoms with Crippen molar-refractivity contribution in [3.05, 3.63) is 82.9 Å². The van der Waals surface area contributed by atoms with Crippen molar-refractivity contribution in [3.8, 4) is 28.8 Å². The molecule has 0 saturated carbocycles. The number of ether oxygens (including phenoxy) is 4. The van der Waals surface area contributed by atoms with E-state index in [0.717, 1.165) is 28.8 Å². The summed E-state index contributed by atoms with van der Waals surface area (Å²) in [6.45, 7) is 1.49. The highest BCUT2D eigenvalue weighted by Crippen LogP contribution is 2.28. The summed E-state index contributed by atoms with van der Waals surface area (Å²) in [5, 5.41) is 7.92. The molecular weight excluding hydrogens is 546 g/mol. The fraction of sp³-hybridized carbons (Fsp3) is 0.233. The molecule has 212 valence electrons. The number of nitrogens with zero attached hydrogens (tertiary/aromatic N) is 3. The highest BCUT2D eigenvalue weighted by Gasteiger charge is 2.18. The molecule has 0 spiro atoms. The Labute approximate surface area is 242 Å².